The minimum Gasteiger partial charge on any atom is -0.448 e. The Bertz CT molecular complexity index is 1780. The molecule has 3 aliphatic rings. The number of hydrogen-bond acceptors (Lipinski definition) is 9. The maximum atomic E-state index is 13.9. The first-order valence-electron chi connectivity index (χ1n) is 16.9. The molecule has 6 rings (SSSR count). The number of amides is 1. The van der Waals surface area contributed by atoms with Crippen molar-refractivity contribution < 1.29 is 32.2 Å². The van der Waals surface area contributed by atoms with Gasteiger partial charge < -0.3 is 29.4 Å². The average molecular weight is 716 g/mol. The van der Waals surface area contributed by atoms with Crippen LogP contribution in [-0.2, 0) is 11.3 Å². The van der Waals surface area contributed by atoms with Gasteiger partial charge in [0.15, 0.2) is 11.5 Å². The summed E-state index contributed by atoms with van der Waals surface area (Å²) in [6.45, 7) is 10.5. The molecule has 2 saturated heterocycles. The first kappa shape index (κ1) is 36.1. The molecule has 270 valence electrons. The van der Waals surface area contributed by atoms with Gasteiger partial charge in [-0.25, -0.2) is 4.98 Å². The van der Waals surface area contributed by atoms with E-state index in [1.807, 2.05) is 52.1 Å². The fourth-order valence-corrected chi connectivity index (χ4v) is 7.97. The number of rotatable bonds is 8. The van der Waals surface area contributed by atoms with Crippen LogP contribution in [0.15, 0.2) is 40.2 Å². The largest absolute Gasteiger partial charge is 0.448 e. The number of likely N-dealkylation sites (tertiary alicyclic amines) is 1. The third-order valence-corrected chi connectivity index (χ3v) is 10.6. The van der Waals surface area contributed by atoms with Crippen LogP contribution in [0, 0.1) is 19.8 Å². The zero-order valence-corrected chi connectivity index (χ0v) is 30.0. The second-order valence-electron chi connectivity index (χ2n) is 13.7. The van der Waals surface area contributed by atoms with Gasteiger partial charge in [0.25, 0.3) is 17.3 Å². The molecule has 2 fully saturated rings. The Balaban J connectivity index is 1.32. The van der Waals surface area contributed by atoms with Gasteiger partial charge in [-0.15, -0.1) is 11.8 Å². The standard InChI is InChI=1S/C36H44F3N5O5S/c1-20-13-29(50-6)28(34(46)42-20)16-41-33(45)26-14-27(24-7-8-30(40-15-24)44-17-21(2)47-22(3)18-44)32-31(23(26)4)48-35(5,49-32)25-9-11-43(12-10-25)19-36(37,38)39/h7-8,13-15,21-22,25H,9-12,16-19H2,1-6H3,(H,41,45)(H,42,46)/t21-,22?,35?/m0/s1. The number of thioether (sulfide) groups is 1. The number of carbonyl (C=O) groups excluding carboxylic acids is 1. The summed E-state index contributed by atoms with van der Waals surface area (Å²) >= 11 is 1.43. The number of nitrogens with one attached hydrogen (secondary N) is 2. The number of aromatic amines is 1. The minimum absolute atomic E-state index is 0.0225. The van der Waals surface area contributed by atoms with Gasteiger partial charge in [-0.2, -0.15) is 13.2 Å². The molecule has 0 spiro atoms. The predicted octanol–water partition coefficient (Wildman–Crippen LogP) is 6.08. The number of nitrogens with zero attached hydrogens (tertiary/aromatic N) is 3. The Morgan fingerprint density at radius 1 is 1.10 bits per heavy atom. The summed E-state index contributed by atoms with van der Waals surface area (Å²) in [6, 6.07) is 7.51. The van der Waals surface area contributed by atoms with Crippen LogP contribution < -0.4 is 25.2 Å². The Labute approximate surface area is 294 Å². The van der Waals surface area contributed by atoms with E-state index in [4.69, 9.17) is 19.2 Å². The molecule has 1 amide bonds. The van der Waals surface area contributed by atoms with Crippen molar-refractivity contribution in [3.8, 4) is 22.6 Å². The van der Waals surface area contributed by atoms with Crippen LogP contribution in [0.5, 0.6) is 11.5 Å². The second-order valence-corrected chi connectivity index (χ2v) is 14.6. The van der Waals surface area contributed by atoms with Crippen LogP contribution in [0.2, 0.25) is 0 Å². The van der Waals surface area contributed by atoms with Gasteiger partial charge in [-0.1, -0.05) is 0 Å². The predicted molar refractivity (Wildman–Crippen MR) is 186 cm³/mol. The van der Waals surface area contributed by atoms with Gasteiger partial charge in [-0.05, 0) is 84.1 Å². The molecule has 5 heterocycles. The molecule has 14 heteroatoms. The Morgan fingerprint density at radius 3 is 2.40 bits per heavy atom. The van der Waals surface area contributed by atoms with E-state index in [2.05, 4.69) is 15.2 Å². The van der Waals surface area contributed by atoms with Crippen LogP contribution in [0.25, 0.3) is 11.1 Å². The summed E-state index contributed by atoms with van der Waals surface area (Å²) in [6.07, 6.45) is 0.403. The summed E-state index contributed by atoms with van der Waals surface area (Å²) in [5.74, 6) is -0.0622. The van der Waals surface area contributed by atoms with Crippen molar-refractivity contribution in [3.05, 3.63) is 63.2 Å². The number of piperidine rings is 1. The van der Waals surface area contributed by atoms with Gasteiger partial charge in [0, 0.05) is 77.1 Å². The van der Waals surface area contributed by atoms with Crippen molar-refractivity contribution in [3.63, 3.8) is 0 Å². The van der Waals surface area contributed by atoms with E-state index >= 15 is 0 Å². The zero-order valence-electron chi connectivity index (χ0n) is 29.2. The highest BCUT2D eigenvalue weighted by Gasteiger charge is 2.48. The summed E-state index contributed by atoms with van der Waals surface area (Å²) in [5, 5.41) is 2.93. The molecule has 0 bridgehead atoms. The van der Waals surface area contributed by atoms with E-state index in [0.29, 0.717) is 65.2 Å². The monoisotopic (exact) mass is 715 g/mol. The number of aromatic nitrogens is 2. The van der Waals surface area contributed by atoms with Crippen molar-refractivity contribution in [2.45, 2.75) is 83.1 Å². The number of pyridine rings is 2. The lowest BCUT2D eigenvalue weighted by molar-refractivity contribution is -0.159. The maximum absolute atomic E-state index is 13.9. The van der Waals surface area contributed by atoms with Crippen molar-refractivity contribution in [1.82, 2.24) is 20.2 Å². The van der Waals surface area contributed by atoms with E-state index in [1.165, 1.54) is 16.7 Å². The molecule has 3 aliphatic heterocycles. The number of aryl methyl sites for hydroxylation is 1. The highest BCUT2D eigenvalue weighted by atomic mass is 32.2. The molecule has 2 aromatic heterocycles. The molecule has 0 radical (unpaired) electrons. The molecule has 2 unspecified atom stereocenters. The van der Waals surface area contributed by atoms with Crippen LogP contribution in [0.1, 0.15) is 60.8 Å². The molecule has 3 atom stereocenters. The molecule has 10 nitrogen and oxygen atoms in total. The number of benzene rings is 1. The number of carbonyl (C=O) groups is 1. The number of fused-ring (bicyclic) bond motifs is 1. The topological polar surface area (TPSA) is 109 Å². The zero-order chi connectivity index (χ0) is 36.0. The SMILES string of the molecule is CSc1cc(C)[nH]c(=O)c1CNC(=O)c1cc(-c2ccc(N3CC(C)O[C@@H](C)C3)nc2)c2c(c1C)OC(C)(C1CCN(CC(F)(F)F)CC1)O2. The minimum atomic E-state index is -4.26. The number of H-pyrrole nitrogens is 1. The van der Waals surface area contributed by atoms with E-state index < -0.39 is 24.4 Å². The molecule has 0 aliphatic carbocycles. The maximum Gasteiger partial charge on any atom is 0.401 e. The van der Waals surface area contributed by atoms with Crippen LogP contribution in [0.4, 0.5) is 19.0 Å². The Kier molecular flexibility index (Phi) is 10.2. The summed E-state index contributed by atoms with van der Waals surface area (Å²) in [4.78, 5) is 38.6. The normalized spacial score (nSPS) is 22.9. The number of halogens is 3. The second kappa shape index (κ2) is 14.1. The number of hydrogen-bond donors (Lipinski definition) is 2. The first-order valence-corrected chi connectivity index (χ1v) is 18.1. The van der Waals surface area contributed by atoms with Crippen LogP contribution in [0.3, 0.4) is 0 Å². The average Bonchev–Trinajstić information content (AvgIpc) is 3.42. The van der Waals surface area contributed by atoms with E-state index in [1.54, 1.807) is 19.2 Å². The molecule has 0 saturated carbocycles. The van der Waals surface area contributed by atoms with E-state index in [9.17, 15) is 22.8 Å². The number of morpholine rings is 1. The lowest BCUT2D eigenvalue weighted by Crippen LogP contribution is -2.49. The Hall–Kier alpha value is -3.75. The lowest BCUT2D eigenvalue weighted by Gasteiger charge is -2.39. The lowest BCUT2D eigenvalue weighted by atomic mass is 9.89. The highest BCUT2D eigenvalue weighted by molar-refractivity contribution is 7.98. The summed E-state index contributed by atoms with van der Waals surface area (Å²) in [7, 11) is 0. The first-order chi connectivity index (χ1) is 23.6. The molecular formula is C36H44F3N5O5S. The van der Waals surface area contributed by atoms with Crippen molar-refractivity contribution in [2.75, 3.05) is 43.9 Å². The number of anilines is 1. The van der Waals surface area contributed by atoms with Gasteiger partial charge in [0.2, 0.25) is 0 Å². The number of alkyl halides is 3. The quantitative estimate of drug-likeness (QED) is 0.269. The van der Waals surface area contributed by atoms with Crippen molar-refractivity contribution in [2.24, 2.45) is 5.92 Å². The van der Waals surface area contributed by atoms with Crippen LogP contribution >= 0.6 is 11.8 Å². The molecular weight excluding hydrogens is 671 g/mol. The highest BCUT2D eigenvalue weighted by Crippen LogP contribution is 2.52. The van der Waals surface area contributed by atoms with Gasteiger partial charge in [0.1, 0.15) is 5.82 Å². The van der Waals surface area contributed by atoms with Gasteiger partial charge in [0.05, 0.1) is 18.8 Å². The molecule has 1 aromatic carbocycles. The fourth-order valence-electron chi connectivity index (χ4n) is 7.27. The molecule has 3 aromatic rings. The third-order valence-electron chi connectivity index (χ3n) is 9.75. The van der Waals surface area contributed by atoms with E-state index in [-0.39, 0.29) is 43.3 Å². The third kappa shape index (κ3) is 7.62. The Morgan fingerprint density at radius 2 is 1.78 bits per heavy atom. The van der Waals surface area contributed by atoms with Crippen molar-refractivity contribution in [1.29, 1.82) is 0 Å². The van der Waals surface area contributed by atoms with Gasteiger partial charge >= 0.3 is 6.18 Å². The van der Waals surface area contributed by atoms with Gasteiger partial charge in [-0.3, -0.25) is 14.5 Å². The smallest absolute Gasteiger partial charge is 0.401 e. The van der Waals surface area contributed by atoms with Crippen LogP contribution in [-0.4, -0.2) is 83.9 Å². The summed E-state index contributed by atoms with van der Waals surface area (Å²) in [5.41, 5.74) is 3.16. The molecule has 50 heavy (non-hydrogen) atoms. The number of ether oxygens (including phenoxy) is 3. The molecule has 2 N–H and O–H groups in total. The van der Waals surface area contributed by atoms with E-state index in [0.717, 1.165) is 16.4 Å². The van der Waals surface area contributed by atoms with Crippen molar-refractivity contribution >= 4 is 23.5 Å². The fraction of sp³-hybridized carbons (Fsp3) is 0.528. The summed E-state index contributed by atoms with van der Waals surface area (Å²) < 4.78 is 58.3.